The van der Waals surface area contributed by atoms with Gasteiger partial charge < -0.3 is 10.4 Å². The van der Waals surface area contributed by atoms with Gasteiger partial charge in [0.1, 0.15) is 5.15 Å². The zero-order valence-corrected chi connectivity index (χ0v) is 11.4. The van der Waals surface area contributed by atoms with Gasteiger partial charge in [0.25, 0.3) is 5.91 Å². The van der Waals surface area contributed by atoms with Crippen molar-refractivity contribution in [1.29, 1.82) is 0 Å². The predicted octanol–water partition coefficient (Wildman–Crippen LogP) is 3.34. The van der Waals surface area contributed by atoms with Crippen LogP contribution in [0.3, 0.4) is 0 Å². The third-order valence-corrected chi connectivity index (χ3v) is 3.10. The Hall–Kier alpha value is -2.11. The van der Waals surface area contributed by atoms with Gasteiger partial charge in [-0.15, -0.1) is 0 Å². The molecule has 1 aromatic heterocycles. The standard InChI is InChI=1S/C13H8Cl2N2O3/c14-9-5-1-3-7(13(19)20)10(9)17-12(18)8-4-2-6-16-11(8)15/h1-6H,(H,17,18)(H,19,20). The lowest BCUT2D eigenvalue weighted by atomic mass is 10.1. The van der Waals surface area contributed by atoms with Gasteiger partial charge in [0.2, 0.25) is 0 Å². The molecule has 2 aromatic rings. The van der Waals surface area contributed by atoms with Crippen LogP contribution in [0.15, 0.2) is 36.5 Å². The van der Waals surface area contributed by atoms with Crippen LogP contribution in [0.4, 0.5) is 5.69 Å². The number of hydrogen-bond acceptors (Lipinski definition) is 3. The van der Waals surface area contributed by atoms with E-state index in [1.165, 1.54) is 30.5 Å². The molecule has 7 heteroatoms. The lowest BCUT2D eigenvalue weighted by Crippen LogP contribution is -2.16. The summed E-state index contributed by atoms with van der Waals surface area (Å²) in [5.41, 5.74) is 0.0443. The summed E-state index contributed by atoms with van der Waals surface area (Å²) >= 11 is 11.7. The van der Waals surface area contributed by atoms with Crippen molar-refractivity contribution in [3.05, 3.63) is 57.8 Å². The highest BCUT2D eigenvalue weighted by atomic mass is 35.5. The van der Waals surface area contributed by atoms with Gasteiger partial charge in [0, 0.05) is 6.20 Å². The number of nitrogens with zero attached hydrogens (tertiary/aromatic N) is 1. The van der Waals surface area contributed by atoms with Gasteiger partial charge in [-0.1, -0.05) is 29.3 Å². The third-order valence-electron chi connectivity index (χ3n) is 2.49. The normalized spacial score (nSPS) is 10.1. The average Bonchev–Trinajstić information content (AvgIpc) is 2.41. The Morgan fingerprint density at radius 3 is 2.45 bits per heavy atom. The van der Waals surface area contributed by atoms with E-state index in [1.807, 2.05) is 0 Å². The van der Waals surface area contributed by atoms with E-state index in [1.54, 1.807) is 6.07 Å². The maximum absolute atomic E-state index is 12.1. The topological polar surface area (TPSA) is 79.3 Å². The summed E-state index contributed by atoms with van der Waals surface area (Å²) in [7, 11) is 0. The van der Waals surface area contributed by atoms with Crippen molar-refractivity contribution >= 4 is 40.8 Å². The number of para-hydroxylation sites is 1. The Bertz CT molecular complexity index is 689. The maximum atomic E-state index is 12.1. The van der Waals surface area contributed by atoms with Gasteiger partial charge in [-0.3, -0.25) is 4.79 Å². The van der Waals surface area contributed by atoms with E-state index >= 15 is 0 Å². The molecule has 5 nitrogen and oxygen atoms in total. The van der Waals surface area contributed by atoms with E-state index in [0.29, 0.717) is 0 Å². The first-order valence-corrected chi connectivity index (χ1v) is 6.20. The second kappa shape index (κ2) is 5.90. The predicted molar refractivity (Wildman–Crippen MR) is 75.6 cm³/mol. The zero-order chi connectivity index (χ0) is 14.7. The fourth-order valence-electron chi connectivity index (χ4n) is 1.57. The summed E-state index contributed by atoms with van der Waals surface area (Å²) in [6.07, 6.45) is 1.44. The number of carbonyl (C=O) groups excluding carboxylic acids is 1. The number of hydrogen-bond donors (Lipinski definition) is 2. The molecule has 20 heavy (non-hydrogen) atoms. The summed E-state index contributed by atoms with van der Waals surface area (Å²) in [6.45, 7) is 0. The zero-order valence-electron chi connectivity index (χ0n) is 9.93. The highest BCUT2D eigenvalue weighted by molar-refractivity contribution is 6.36. The van der Waals surface area contributed by atoms with Crippen LogP contribution in [0.2, 0.25) is 10.2 Å². The van der Waals surface area contributed by atoms with Crippen molar-refractivity contribution in [3.63, 3.8) is 0 Å². The van der Waals surface area contributed by atoms with Crippen molar-refractivity contribution in [2.75, 3.05) is 5.32 Å². The van der Waals surface area contributed by atoms with E-state index in [9.17, 15) is 9.59 Å². The smallest absolute Gasteiger partial charge is 0.337 e. The van der Waals surface area contributed by atoms with Crippen molar-refractivity contribution < 1.29 is 14.7 Å². The molecular weight excluding hydrogens is 303 g/mol. The number of carboxylic acids is 1. The number of rotatable bonds is 3. The number of anilines is 1. The Balaban J connectivity index is 2.38. The maximum Gasteiger partial charge on any atom is 0.337 e. The van der Waals surface area contributed by atoms with Gasteiger partial charge in [0.05, 0.1) is 21.8 Å². The third kappa shape index (κ3) is 2.89. The first-order valence-electron chi connectivity index (χ1n) is 5.44. The molecule has 0 bridgehead atoms. The lowest BCUT2D eigenvalue weighted by molar-refractivity contribution is 0.0698. The summed E-state index contributed by atoms with van der Waals surface area (Å²) < 4.78 is 0. The number of carboxylic acid groups (broad SMARTS) is 1. The van der Waals surface area contributed by atoms with Crippen LogP contribution in [0.25, 0.3) is 0 Å². The molecule has 102 valence electrons. The van der Waals surface area contributed by atoms with E-state index < -0.39 is 11.9 Å². The molecule has 0 atom stereocenters. The number of aromatic carboxylic acids is 1. The van der Waals surface area contributed by atoms with Crippen LogP contribution in [-0.2, 0) is 0 Å². The van der Waals surface area contributed by atoms with Crippen LogP contribution in [0.5, 0.6) is 0 Å². The van der Waals surface area contributed by atoms with Gasteiger partial charge >= 0.3 is 5.97 Å². The number of carbonyl (C=O) groups is 2. The molecule has 0 aliphatic heterocycles. The summed E-state index contributed by atoms with van der Waals surface area (Å²) in [5.74, 6) is -1.78. The van der Waals surface area contributed by atoms with Crippen LogP contribution >= 0.6 is 23.2 Å². The molecule has 0 unspecified atom stereocenters. The molecule has 2 N–H and O–H groups in total. The first-order chi connectivity index (χ1) is 9.50. The lowest BCUT2D eigenvalue weighted by Gasteiger charge is -2.10. The second-order valence-corrected chi connectivity index (χ2v) is 4.53. The molecule has 1 heterocycles. The Kier molecular flexibility index (Phi) is 4.22. The largest absolute Gasteiger partial charge is 0.478 e. The van der Waals surface area contributed by atoms with Crippen molar-refractivity contribution in [3.8, 4) is 0 Å². The number of nitrogens with one attached hydrogen (secondary N) is 1. The van der Waals surface area contributed by atoms with E-state index in [-0.39, 0.29) is 27.0 Å². The molecule has 0 fully saturated rings. The first kappa shape index (κ1) is 14.3. The molecule has 0 saturated heterocycles. The van der Waals surface area contributed by atoms with Gasteiger partial charge in [0.15, 0.2) is 0 Å². The molecule has 1 amide bonds. The molecule has 1 aromatic carbocycles. The molecular formula is C13H8Cl2N2O3. The van der Waals surface area contributed by atoms with Crippen LogP contribution in [0, 0.1) is 0 Å². The fourth-order valence-corrected chi connectivity index (χ4v) is 1.99. The van der Waals surface area contributed by atoms with Gasteiger partial charge in [-0.25, -0.2) is 9.78 Å². The summed E-state index contributed by atoms with van der Waals surface area (Å²) in [6, 6.07) is 7.33. The highest BCUT2D eigenvalue weighted by Crippen LogP contribution is 2.27. The number of halogens is 2. The van der Waals surface area contributed by atoms with Crippen LogP contribution in [-0.4, -0.2) is 22.0 Å². The van der Waals surface area contributed by atoms with E-state index in [0.717, 1.165) is 0 Å². The monoisotopic (exact) mass is 310 g/mol. The number of amides is 1. The van der Waals surface area contributed by atoms with E-state index in [4.69, 9.17) is 28.3 Å². The molecule has 0 aliphatic rings. The second-order valence-electron chi connectivity index (χ2n) is 3.76. The minimum atomic E-state index is -1.19. The minimum absolute atomic E-state index is 0.0200. The number of benzene rings is 1. The Morgan fingerprint density at radius 2 is 1.80 bits per heavy atom. The molecule has 0 saturated carbocycles. The molecule has 0 aliphatic carbocycles. The minimum Gasteiger partial charge on any atom is -0.478 e. The van der Waals surface area contributed by atoms with Gasteiger partial charge in [-0.2, -0.15) is 0 Å². The van der Waals surface area contributed by atoms with Crippen molar-refractivity contribution in [1.82, 2.24) is 4.98 Å². The Morgan fingerprint density at radius 1 is 1.10 bits per heavy atom. The Labute approximate surface area is 124 Å². The molecule has 0 radical (unpaired) electrons. The van der Waals surface area contributed by atoms with Crippen molar-refractivity contribution in [2.45, 2.75) is 0 Å². The highest BCUT2D eigenvalue weighted by Gasteiger charge is 2.18. The quantitative estimate of drug-likeness (QED) is 0.852. The fraction of sp³-hybridized carbons (Fsp3) is 0. The summed E-state index contributed by atoms with van der Waals surface area (Å²) in [4.78, 5) is 27.0. The van der Waals surface area contributed by atoms with E-state index in [2.05, 4.69) is 10.3 Å². The average molecular weight is 311 g/mol. The molecule has 0 spiro atoms. The van der Waals surface area contributed by atoms with Gasteiger partial charge in [-0.05, 0) is 24.3 Å². The number of pyridine rings is 1. The van der Waals surface area contributed by atoms with Crippen LogP contribution in [0.1, 0.15) is 20.7 Å². The van der Waals surface area contributed by atoms with Crippen molar-refractivity contribution in [2.24, 2.45) is 0 Å². The van der Waals surface area contributed by atoms with Crippen LogP contribution < -0.4 is 5.32 Å². The molecule has 2 rings (SSSR count). The SMILES string of the molecule is O=C(Nc1c(Cl)cccc1C(=O)O)c1cccnc1Cl. The number of aromatic nitrogens is 1. The summed E-state index contributed by atoms with van der Waals surface area (Å²) in [5, 5.41) is 11.7.